The van der Waals surface area contributed by atoms with E-state index in [1.54, 1.807) is 89.9 Å². The van der Waals surface area contributed by atoms with Crippen molar-refractivity contribution in [3.8, 4) is 0 Å². The van der Waals surface area contributed by atoms with Crippen molar-refractivity contribution in [1.82, 2.24) is 0 Å². The molecule has 0 aromatic heterocycles. The van der Waals surface area contributed by atoms with Crippen molar-refractivity contribution >= 4 is 0 Å². The number of fused-ring (bicyclic) bond motifs is 5. The van der Waals surface area contributed by atoms with Crippen molar-refractivity contribution in [2.45, 2.75) is 89.9 Å². The Hall–Kier alpha value is 0. The topological polar surface area (TPSA) is 0 Å². The van der Waals surface area contributed by atoms with Crippen LogP contribution in [0.2, 0.25) is 0 Å². The molecule has 3 unspecified atom stereocenters. The lowest BCUT2D eigenvalue weighted by Crippen LogP contribution is -2.40. The highest BCUT2D eigenvalue weighted by Crippen LogP contribution is 2.58. The highest BCUT2D eigenvalue weighted by Gasteiger charge is 2.47. The molecule has 0 aliphatic heterocycles. The average molecular weight is 260 g/mol. The van der Waals surface area contributed by atoms with Gasteiger partial charge in [-0.15, -0.1) is 0 Å². The Morgan fingerprint density at radius 2 is 1.37 bits per heavy atom. The van der Waals surface area contributed by atoms with Gasteiger partial charge in [-0.1, -0.05) is 51.4 Å². The van der Waals surface area contributed by atoms with Gasteiger partial charge in [-0.2, -0.15) is 0 Å². The van der Waals surface area contributed by atoms with E-state index >= 15 is 0 Å². The first-order valence-corrected chi connectivity index (χ1v) is 9.36. The van der Waals surface area contributed by atoms with Gasteiger partial charge in [-0.05, 0) is 67.6 Å². The van der Waals surface area contributed by atoms with Crippen molar-refractivity contribution < 1.29 is 0 Å². The molecule has 4 aliphatic rings. The van der Waals surface area contributed by atoms with E-state index in [4.69, 9.17) is 0 Å². The van der Waals surface area contributed by atoms with Crippen LogP contribution >= 0.6 is 0 Å². The number of hydrogen-bond donors (Lipinski definition) is 0. The molecule has 4 rings (SSSR count). The van der Waals surface area contributed by atoms with Crippen LogP contribution in [-0.4, -0.2) is 0 Å². The average Bonchev–Trinajstić information content (AvgIpc) is 2.73. The standard InChI is InChI=1S/C19H32/c1-4-16-8-9-18(17(7-1)14-16)19-11-2-5-15(10-13-19)6-3-12-19/h15-18H,1-14H2. The molecule has 4 fully saturated rings. The van der Waals surface area contributed by atoms with Crippen LogP contribution in [0.1, 0.15) is 89.9 Å². The molecule has 0 heterocycles. The summed E-state index contributed by atoms with van der Waals surface area (Å²) in [5.41, 5.74) is 0.818. The first-order chi connectivity index (χ1) is 9.36. The Morgan fingerprint density at radius 3 is 2.21 bits per heavy atom. The van der Waals surface area contributed by atoms with E-state index in [2.05, 4.69) is 0 Å². The zero-order chi connectivity index (χ0) is 12.7. The van der Waals surface area contributed by atoms with Gasteiger partial charge in [0.2, 0.25) is 0 Å². The predicted molar refractivity (Wildman–Crippen MR) is 81.0 cm³/mol. The van der Waals surface area contributed by atoms with Gasteiger partial charge in [0.25, 0.3) is 0 Å². The highest BCUT2D eigenvalue weighted by molar-refractivity contribution is 4.97. The zero-order valence-corrected chi connectivity index (χ0v) is 12.7. The molecular weight excluding hydrogens is 228 g/mol. The summed E-state index contributed by atoms with van der Waals surface area (Å²) < 4.78 is 0. The summed E-state index contributed by atoms with van der Waals surface area (Å²) >= 11 is 0. The van der Waals surface area contributed by atoms with Crippen LogP contribution in [0.5, 0.6) is 0 Å². The van der Waals surface area contributed by atoms with E-state index in [1.807, 2.05) is 0 Å². The summed E-state index contributed by atoms with van der Waals surface area (Å²) in [7, 11) is 0. The van der Waals surface area contributed by atoms with E-state index in [0.29, 0.717) is 0 Å². The zero-order valence-electron chi connectivity index (χ0n) is 12.7. The summed E-state index contributed by atoms with van der Waals surface area (Å²) in [5.74, 6) is 4.53. The lowest BCUT2D eigenvalue weighted by Gasteiger charge is -2.50. The van der Waals surface area contributed by atoms with Gasteiger partial charge in [-0.25, -0.2) is 0 Å². The fourth-order valence-corrected chi connectivity index (χ4v) is 6.76. The molecule has 0 N–H and O–H groups in total. The first kappa shape index (κ1) is 12.7. The molecule has 19 heavy (non-hydrogen) atoms. The molecule has 0 heteroatoms. The Morgan fingerprint density at radius 1 is 0.579 bits per heavy atom. The first-order valence-electron chi connectivity index (χ1n) is 9.36. The minimum Gasteiger partial charge on any atom is -0.0528 e. The minimum atomic E-state index is 0.818. The molecule has 4 aliphatic carbocycles. The summed E-state index contributed by atoms with van der Waals surface area (Å²) in [6.07, 6.45) is 22.2. The Balaban J connectivity index is 1.58. The van der Waals surface area contributed by atoms with E-state index in [0.717, 1.165) is 29.1 Å². The van der Waals surface area contributed by atoms with Gasteiger partial charge < -0.3 is 0 Å². The maximum Gasteiger partial charge on any atom is -0.0266 e. The molecule has 0 radical (unpaired) electrons. The van der Waals surface area contributed by atoms with E-state index in [-0.39, 0.29) is 0 Å². The monoisotopic (exact) mass is 260 g/mol. The lowest BCUT2D eigenvalue weighted by molar-refractivity contribution is -0.0000409. The predicted octanol–water partition coefficient (Wildman–Crippen LogP) is 5.95. The van der Waals surface area contributed by atoms with Crippen molar-refractivity contribution in [3.63, 3.8) is 0 Å². The highest BCUT2D eigenvalue weighted by atomic mass is 14.5. The Bertz CT molecular complexity index is 308. The van der Waals surface area contributed by atoms with E-state index < -0.39 is 0 Å². The third-order valence-corrected chi connectivity index (χ3v) is 7.69. The van der Waals surface area contributed by atoms with Crippen molar-refractivity contribution in [3.05, 3.63) is 0 Å². The van der Waals surface area contributed by atoms with E-state index in [1.165, 1.54) is 0 Å². The molecule has 0 aromatic rings. The molecule has 4 bridgehead atoms. The SMILES string of the molecule is C1CC2CCC(C34CCCC(CCC3)CC4)C(C1)C2. The van der Waals surface area contributed by atoms with Crippen molar-refractivity contribution in [2.24, 2.45) is 29.1 Å². The van der Waals surface area contributed by atoms with Crippen LogP contribution in [0, 0.1) is 29.1 Å². The molecule has 4 saturated carbocycles. The fraction of sp³-hybridized carbons (Fsp3) is 1.00. The molecule has 0 saturated heterocycles. The third kappa shape index (κ3) is 2.28. The van der Waals surface area contributed by atoms with Gasteiger partial charge >= 0.3 is 0 Å². The summed E-state index contributed by atoms with van der Waals surface area (Å²) in [5, 5.41) is 0. The maximum atomic E-state index is 1.62. The van der Waals surface area contributed by atoms with Crippen molar-refractivity contribution in [2.75, 3.05) is 0 Å². The molecule has 0 spiro atoms. The molecule has 108 valence electrons. The second-order valence-corrected chi connectivity index (χ2v) is 8.53. The van der Waals surface area contributed by atoms with Crippen LogP contribution in [0.15, 0.2) is 0 Å². The van der Waals surface area contributed by atoms with Crippen molar-refractivity contribution in [1.29, 1.82) is 0 Å². The largest absolute Gasteiger partial charge is 0.0528 e. The quantitative estimate of drug-likeness (QED) is 0.546. The fourth-order valence-electron chi connectivity index (χ4n) is 6.76. The second kappa shape index (κ2) is 5.08. The Kier molecular flexibility index (Phi) is 3.40. The second-order valence-electron chi connectivity index (χ2n) is 8.53. The molecular formula is C19H32. The summed E-state index contributed by atoms with van der Waals surface area (Å²) in [4.78, 5) is 0. The molecule has 0 aromatic carbocycles. The van der Waals surface area contributed by atoms with Gasteiger partial charge in [0.05, 0.1) is 0 Å². The summed E-state index contributed by atoms with van der Waals surface area (Å²) in [6, 6.07) is 0. The molecule has 0 amide bonds. The van der Waals surface area contributed by atoms with Crippen LogP contribution < -0.4 is 0 Å². The van der Waals surface area contributed by atoms with Gasteiger partial charge in [0.1, 0.15) is 0 Å². The van der Waals surface area contributed by atoms with Crippen LogP contribution in [0.25, 0.3) is 0 Å². The van der Waals surface area contributed by atoms with Crippen LogP contribution in [0.3, 0.4) is 0 Å². The molecule has 0 nitrogen and oxygen atoms in total. The smallest absolute Gasteiger partial charge is 0.0266 e. The van der Waals surface area contributed by atoms with Gasteiger partial charge in [-0.3, -0.25) is 0 Å². The minimum absolute atomic E-state index is 0.818. The van der Waals surface area contributed by atoms with Gasteiger partial charge in [0.15, 0.2) is 0 Å². The number of hydrogen-bond acceptors (Lipinski definition) is 0. The van der Waals surface area contributed by atoms with Crippen LogP contribution in [-0.2, 0) is 0 Å². The third-order valence-electron chi connectivity index (χ3n) is 7.69. The van der Waals surface area contributed by atoms with E-state index in [9.17, 15) is 0 Å². The maximum absolute atomic E-state index is 1.62. The Labute approximate surface area is 119 Å². The van der Waals surface area contributed by atoms with Crippen LogP contribution in [0.4, 0.5) is 0 Å². The lowest BCUT2D eigenvalue weighted by atomic mass is 9.55. The molecule has 3 atom stereocenters. The number of rotatable bonds is 1. The summed E-state index contributed by atoms with van der Waals surface area (Å²) in [6.45, 7) is 0. The van der Waals surface area contributed by atoms with Gasteiger partial charge in [0, 0.05) is 0 Å². The normalized spacial score (nSPS) is 50.5.